The normalized spacial score (nSPS) is 27.6. The first-order valence-electron chi connectivity index (χ1n) is 23.8. The van der Waals surface area contributed by atoms with Crippen molar-refractivity contribution in [3.05, 3.63) is 48.6 Å². The zero-order valence-corrected chi connectivity index (χ0v) is 45.3. The maximum atomic E-state index is 14.2. The molecule has 374 valence electrons. The van der Waals surface area contributed by atoms with Crippen LogP contribution in [-0.4, -0.2) is 105 Å². The van der Waals surface area contributed by atoms with Crippen LogP contribution < -0.4 is 0 Å². The monoisotopic (exact) mass is 1030 g/mol. The zero-order valence-electron chi connectivity index (χ0n) is 40.3. The smallest absolute Gasteiger partial charge is 0.333 e. The van der Waals surface area contributed by atoms with Crippen molar-refractivity contribution in [3.63, 3.8) is 0 Å². The van der Waals surface area contributed by atoms with Crippen LogP contribution in [0.3, 0.4) is 0 Å². The molecule has 0 aromatic heterocycles. The number of carbonyl (C=O) groups excluding carboxylic acids is 4. The van der Waals surface area contributed by atoms with Gasteiger partial charge in [0.05, 0.1) is 13.2 Å². The summed E-state index contributed by atoms with van der Waals surface area (Å²) in [7, 11) is -6.03. The van der Waals surface area contributed by atoms with Gasteiger partial charge in [-0.15, -0.1) is 47.0 Å². The molecule has 0 spiro atoms. The largest absolute Gasteiger partial charge is 0.462 e. The number of ether oxygens (including phenoxy) is 4. The first-order chi connectivity index (χ1) is 31.3. The van der Waals surface area contributed by atoms with Gasteiger partial charge in [0, 0.05) is 58.6 Å². The quantitative estimate of drug-likeness (QED) is 0.0147. The van der Waals surface area contributed by atoms with E-state index >= 15 is 0 Å². The third kappa shape index (κ3) is 15.6. The third-order valence-electron chi connectivity index (χ3n) is 12.4. The first kappa shape index (κ1) is 57.2. The van der Waals surface area contributed by atoms with Crippen molar-refractivity contribution in [2.45, 2.75) is 148 Å². The third-order valence-corrected chi connectivity index (χ3v) is 28.8. The Morgan fingerprint density at radius 1 is 0.591 bits per heavy atom. The molecular formula is C48H76O12P2S4. The number of fused-ring (bicyclic) bond motifs is 4. The summed E-state index contributed by atoms with van der Waals surface area (Å²) in [4.78, 5) is 47.7. The number of rotatable bonds is 35. The van der Waals surface area contributed by atoms with E-state index in [1.807, 2.05) is 37.4 Å². The predicted molar refractivity (Wildman–Crippen MR) is 274 cm³/mol. The van der Waals surface area contributed by atoms with Crippen LogP contribution in [0.25, 0.3) is 0 Å². The second-order valence-electron chi connectivity index (χ2n) is 18.0. The predicted octanol–water partition coefficient (Wildman–Crippen LogP) is 12.6. The van der Waals surface area contributed by atoms with E-state index in [4.69, 9.17) is 28.0 Å². The lowest BCUT2D eigenvalue weighted by Crippen LogP contribution is -2.29. The molecule has 8 atom stereocenters. The second-order valence-corrected chi connectivity index (χ2v) is 31.0. The molecule has 0 aromatic carbocycles. The number of carbonyl (C=O) groups is 4. The molecule has 0 aromatic rings. The van der Waals surface area contributed by atoms with Crippen molar-refractivity contribution in [2.24, 2.45) is 11.8 Å². The zero-order chi connectivity index (χ0) is 48.5. The molecule has 12 nitrogen and oxygen atoms in total. The van der Waals surface area contributed by atoms with Gasteiger partial charge in [0.25, 0.3) is 0 Å². The number of thioether (sulfide) groups is 4. The van der Waals surface area contributed by atoms with Crippen LogP contribution in [-0.2, 0) is 56.3 Å². The van der Waals surface area contributed by atoms with Crippen LogP contribution in [0.2, 0.25) is 0 Å². The molecule has 18 heteroatoms. The Morgan fingerprint density at radius 2 is 0.939 bits per heavy atom. The molecule has 0 saturated carbocycles. The Hall–Kier alpha value is -1.38. The van der Waals surface area contributed by atoms with Gasteiger partial charge in [-0.25, -0.2) is 9.59 Å². The molecule has 2 aliphatic heterocycles. The molecule has 66 heavy (non-hydrogen) atoms. The molecule has 8 unspecified atom stereocenters. The van der Waals surface area contributed by atoms with Gasteiger partial charge in [0.2, 0.25) is 14.7 Å². The maximum Gasteiger partial charge on any atom is 0.333 e. The standard InChI is InChI=1S/C48H76O12P2S4/c1-9-59-61(7,53)47(63-33-19-21-41(49)55-29-31-57-43(51)37(3)4)39-23-27-45(35-39,65-47)25-17-15-13-11-12-14-16-18-26-46-28-24-40(36-46)48(66-46,62(8,54)60-10-2)64-34-20-22-42(50)56-30-32-58-44(52)38(5)6/h23-24,27-28,39-40H,3,5,9-22,25-26,29-36H2,1-2,4,6-8H3. The summed E-state index contributed by atoms with van der Waals surface area (Å²) in [6, 6.07) is 0. The average Bonchev–Trinajstić information content (AvgIpc) is 4.04. The van der Waals surface area contributed by atoms with E-state index in [0.29, 0.717) is 48.7 Å². The highest BCUT2D eigenvalue weighted by molar-refractivity contribution is 8.27. The maximum absolute atomic E-state index is 14.2. The van der Waals surface area contributed by atoms with E-state index in [1.54, 1.807) is 50.7 Å². The number of hydrogen-bond donors (Lipinski definition) is 0. The van der Waals surface area contributed by atoms with E-state index in [1.165, 1.54) is 38.5 Å². The van der Waals surface area contributed by atoms with Gasteiger partial charge in [-0.2, -0.15) is 0 Å². The first-order valence-corrected chi connectivity index (χ1v) is 31.5. The lowest BCUT2D eigenvalue weighted by Gasteiger charge is -2.40. The molecule has 2 saturated heterocycles. The summed E-state index contributed by atoms with van der Waals surface area (Å²) in [6.45, 7) is 18.3. The van der Waals surface area contributed by atoms with Crippen molar-refractivity contribution in [1.82, 2.24) is 0 Å². The van der Waals surface area contributed by atoms with Gasteiger partial charge in [0.15, 0.2) is 0 Å². The topological polar surface area (TPSA) is 158 Å². The van der Waals surface area contributed by atoms with Gasteiger partial charge >= 0.3 is 23.9 Å². The minimum atomic E-state index is -3.02. The van der Waals surface area contributed by atoms with E-state index in [0.717, 1.165) is 38.5 Å². The van der Waals surface area contributed by atoms with Crippen molar-refractivity contribution in [3.8, 4) is 0 Å². The van der Waals surface area contributed by atoms with Crippen LogP contribution in [0.15, 0.2) is 48.6 Å². The van der Waals surface area contributed by atoms with Crippen molar-refractivity contribution in [1.29, 1.82) is 0 Å². The van der Waals surface area contributed by atoms with Crippen LogP contribution in [0.5, 0.6) is 0 Å². The van der Waals surface area contributed by atoms with Gasteiger partial charge in [-0.3, -0.25) is 18.7 Å². The Labute approximate surface area is 412 Å². The Bertz CT molecular complexity index is 1730. The highest BCUT2D eigenvalue weighted by Crippen LogP contribution is 2.80. The molecule has 4 aliphatic rings. The number of hydrogen-bond acceptors (Lipinski definition) is 16. The fourth-order valence-electron chi connectivity index (χ4n) is 9.16. The molecule has 4 rings (SSSR count). The van der Waals surface area contributed by atoms with Crippen LogP contribution in [0.1, 0.15) is 130 Å². The summed E-state index contributed by atoms with van der Waals surface area (Å²) in [5.74, 6) is -0.0966. The Morgan fingerprint density at radius 3 is 1.29 bits per heavy atom. The van der Waals surface area contributed by atoms with E-state index in [2.05, 4.69) is 37.5 Å². The highest BCUT2D eigenvalue weighted by Gasteiger charge is 2.65. The number of esters is 4. The van der Waals surface area contributed by atoms with Crippen molar-refractivity contribution in [2.75, 3.05) is 64.5 Å². The average molecular weight is 1040 g/mol. The van der Waals surface area contributed by atoms with Crippen LogP contribution >= 0.6 is 61.8 Å². The number of allylic oxidation sites excluding steroid dienone is 2. The lowest BCUT2D eigenvalue weighted by atomic mass is 9.96. The molecule has 0 radical (unpaired) electrons. The fourth-order valence-corrected chi connectivity index (χ4v) is 24.5. The van der Waals surface area contributed by atoms with Gasteiger partial charge in [0.1, 0.15) is 34.1 Å². The van der Waals surface area contributed by atoms with E-state index in [-0.39, 0.29) is 72.5 Å². The summed E-state index contributed by atoms with van der Waals surface area (Å²) in [5, 5.41) is 0. The summed E-state index contributed by atoms with van der Waals surface area (Å²) >= 11 is 7.05. The molecule has 2 fully saturated rings. The molecule has 2 heterocycles. The van der Waals surface area contributed by atoms with Gasteiger partial charge in [-0.1, -0.05) is 88.8 Å². The summed E-state index contributed by atoms with van der Waals surface area (Å²) in [5.41, 5.74) is 0.593. The molecule has 0 amide bonds. The minimum absolute atomic E-state index is 0.00444. The molecular weight excluding hydrogens is 959 g/mol. The van der Waals surface area contributed by atoms with Gasteiger partial charge in [-0.05, 0) is 77.7 Å². The lowest BCUT2D eigenvalue weighted by molar-refractivity contribution is -0.150. The summed E-state index contributed by atoms with van der Waals surface area (Å²) in [6.07, 6.45) is 24.3. The van der Waals surface area contributed by atoms with E-state index in [9.17, 15) is 28.3 Å². The molecule has 4 bridgehead atoms. The van der Waals surface area contributed by atoms with Crippen LogP contribution in [0.4, 0.5) is 0 Å². The van der Waals surface area contributed by atoms with Gasteiger partial charge < -0.3 is 28.0 Å². The SMILES string of the molecule is C=C(C)C(=O)OCCOC(=O)CCCSC1(P(C)(=O)OCC)SC2(CCCCCCCCCCC34C=CC(C3)C(SCCCC(=O)OCCOC(=O)C(=C)C)(P(C)(=O)OCC)S4)C=CC1C2. The minimum Gasteiger partial charge on any atom is -0.462 e. The Balaban J connectivity index is 1.13. The van der Waals surface area contributed by atoms with Crippen molar-refractivity contribution < 1.29 is 56.3 Å². The fraction of sp³-hybridized carbons (Fsp3) is 0.750. The van der Waals surface area contributed by atoms with Crippen molar-refractivity contribution >= 4 is 85.7 Å². The molecule has 2 aliphatic carbocycles. The second kappa shape index (κ2) is 26.7. The molecule has 0 N–H and O–H groups in total. The van der Waals surface area contributed by atoms with Crippen LogP contribution in [0, 0.1) is 11.8 Å². The Kier molecular flexibility index (Phi) is 23.2. The summed E-state index contributed by atoms with van der Waals surface area (Å²) < 4.78 is 59.7. The highest BCUT2D eigenvalue weighted by atomic mass is 32.2. The number of unbranched alkanes of at least 4 members (excludes halogenated alkanes) is 7. The van der Waals surface area contributed by atoms with E-state index < -0.39 is 34.3 Å².